The van der Waals surface area contributed by atoms with Gasteiger partial charge in [0.25, 0.3) is 0 Å². The highest BCUT2D eigenvalue weighted by Crippen LogP contribution is 2.60. The SMILES string of the molecule is COC(=O)C1(C)CCC(c2nc3ccccc3n2C)C1(C)C.I. The van der Waals surface area contributed by atoms with Crippen molar-refractivity contribution in [3.05, 3.63) is 30.1 Å². The molecule has 23 heavy (non-hydrogen) atoms. The van der Waals surface area contributed by atoms with Crippen LogP contribution in [0.1, 0.15) is 45.4 Å². The Balaban J connectivity index is 0.00000192. The van der Waals surface area contributed by atoms with E-state index in [1.165, 1.54) is 7.11 Å². The number of rotatable bonds is 2. The summed E-state index contributed by atoms with van der Waals surface area (Å²) in [5, 5.41) is 0. The number of nitrogens with zero attached hydrogens (tertiary/aromatic N) is 2. The van der Waals surface area contributed by atoms with Gasteiger partial charge in [-0.3, -0.25) is 4.79 Å². The van der Waals surface area contributed by atoms with E-state index < -0.39 is 5.41 Å². The van der Waals surface area contributed by atoms with Crippen LogP contribution in [0.25, 0.3) is 11.0 Å². The summed E-state index contributed by atoms with van der Waals surface area (Å²) in [4.78, 5) is 17.2. The lowest BCUT2D eigenvalue weighted by Gasteiger charge is -2.39. The molecule has 0 radical (unpaired) electrons. The lowest BCUT2D eigenvalue weighted by atomic mass is 9.65. The van der Waals surface area contributed by atoms with Gasteiger partial charge in [0.15, 0.2) is 0 Å². The number of hydrogen-bond donors (Lipinski definition) is 0. The highest BCUT2D eigenvalue weighted by Gasteiger charge is 2.58. The molecule has 1 aromatic heterocycles. The minimum Gasteiger partial charge on any atom is -0.469 e. The summed E-state index contributed by atoms with van der Waals surface area (Å²) in [5.41, 5.74) is 1.49. The average Bonchev–Trinajstić information content (AvgIpc) is 2.95. The van der Waals surface area contributed by atoms with Crippen LogP contribution >= 0.6 is 24.0 Å². The highest BCUT2D eigenvalue weighted by molar-refractivity contribution is 14.0. The van der Waals surface area contributed by atoms with Crippen molar-refractivity contribution in [1.29, 1.82) is 0 Å². The highest BCUT2D eigenvalue weighted by atomic mass is 127. The number of carbonyl (C=O) groups is 1. The fraction of sp³-hybridized carbons (Fsp3) is 0.556. The number of imidazole rings is 1. The first kappa shape index (κ1) is 18.2. The smallest absolute Gasteiger partial charge is 0.312 e. The van der Waals surface area contributed by atoms with E-state index in [1.807, 2.05) is 25.1 Å². The second-order valence-corrected chi connectivity index (χ2v) is 7.15. The van der Waals surface area contributed by atoms with Crippen LogP contribution in [0.2, 0.25) is 0 Å². The molecule has 0 saturated heterocycles. The summed E-state index contributed by atoms with van der Waals surface area (Å²) in [5.74, 6) is 1.20. The Kier molecular flexibility index (Phi) is 4.81. The monoisotopic (exact) mass is 428 g/mol. The first-order valence-electron chi connectivity index (χ1n) is 7.82. The van der Waals surface area contributed by atoms with Crippen molar-refractivity contribution in [2.75, 3.05) is 7.11 Å². The van der Waals surface area contributed by atoms with Gasteiger partial charge < -0.3 is 9.30 Å². The summed E-state index contributed by atoms with van der Waals surface area (Å²) in [7, 11) is 3.54. The van der Waals surface area contributed by atoms with E-state index in [0.29, 0.717) is 0 Å². The molecule has 126 valence electrons. The molecule has 0 N–H and O–H groups in total. The topological polar surface area (TPSA) is 44.1 Å². The third-order valence-corrected chi connectivity index (χ3v) is 6.00. The molecule has 1 aliphatic rings. The predicted molar refractivity (Wildman–Crippen MR) is 102 cm³/mol. The number of aryl methyl sites for hydroxylation is 1. The van der Waals surface area contributed by atoms with Crippen LogP contribution in [0.3, 0.4) is 0 Å². The van der Waals surface area contributed by atoms with Crippen LogP contribution in [0.5, 0.6) is 0 Å². The number of para-hydroxylation sites is 2. The number of halogens is 1. The van der Waals surface area contributed by atoms with Gasteiger partial charge in [0.2, 0.25) is 0 Å². The van der Waals surface area contributed by atoms with E-state index in [2.05, 4.69) is 31.5 Å². The molecule has 0 bridgehead atoms. The molecule has 1 heterocycles. The molecule has 2 unspecified atom stereocenters. The van der Waals surface area contributed by atoms with E-state index in [0.717, 1.165) is 29.7 Å². The Bertz CT molecular complexity index is 738. The number of fused-ring (bicyclic) bond motifs is 1. The normalized spacial score (nSPS) is 26.0. The number of esters is 1. The lowest BCUT2D eigenvalue weighted by Crippen LogP contribution is -2.41. The minimum absolute atomic E-state index is 0. The maximum absolute atomic E-state index is 12.3. The summed E-state index contributed by atoms with van der Waals surface area (Å²) >= 11 is 0. The zero-order valence-corrected chi connectivity index (χ0v) is 16.8. The van der Waals surface area contributed by atoms with Crippen molar-refractivity contribution < 1.29 is 9.53 Å². The van der Waals surface area contributed by atoms with Gasteiger partial charge in [-0.1, -0.05) is 26.0 Å². The molecule has 3 rings (SSSR count). The van der Waals surface area contributed by atoms with E-state index in [4.69, 9.17) is 9.72 Å². The summed E-state index contributed by atoms with van der Waals surface area (Å²) in [6.45, 7) is 6.36. The standard InChI is InChI=1S/C18H24N2O2.HI/c1-17(2)12(10-11-18(17,3)16(21)22-5)15-19-13-8-6-7-9-14(13)20(15)4;/h6-9,12H,10-11H2,1-5H3;1H. The maximum atomic E-state index is 12.3. The van der Waals surface area contributed by atoms with E-state index in [9.17, 15) is 4.79 Å². The van der Waals surface area contributed by atoms with Crippen LogP contribution in [0.4, 0.5) is 0 Å². The van der Waals surface area contributed by atoms with E-state index in [-0.39, 0.29) is 41.3 Å². The average molecular weight is 428 g/mol. The Morgan fingerprint density at radius 1 is 1.30 bits per heavy atom. The summed E-state index contributed by atoms with van der Waals surface area (Å²) < 4.78 is 7.25. The Morgan fingerprint density at radius 2 is 1.96 bits per heavy atom. The molecule has 5 heteroatoms. The fourth-order valence-electron chi connectivity index (χ4n) is 4.02. The van der Waals surface area contributed by atoms with Gasteiger partial charge in [-0.05, 0) is 37.3 Å². The van der Waals surface area contributed by atoms with Crippen LogP contribution in [0.15, 0.2) is 24.3 Å². The fourth-order valence-corrected chi connectivity index (χ4v) is 4.02. The molecule has 1 fully saturated rings. The molecule has 2 atom stereocenters. The third-order valence-electron chi connectivity index (χ3n) is 6.00. The van der Waals surface area contributed by atoms with Gasteiger partial charge in [0.05, 0.1) is 23.6 Å². The van der Waals surface area contributed by atoms with Crippen molar-refractivity contribution in [3.63, 3.8) is 0 Å². The summed E-state index contributed by atoms with van der Waals surface area (Å²) in [6.07, 6.45) is 1.79. The number of ether oxygens (including phenoxy) is 1. The van der Waals surface area contributed by atoms with Gasteiger partial charge in [-0.25, -0.2) is 4.98 Å². The molecular weight excluding hydrogens is 403 g/mol. The van der Waals surface area contributed by atoms with Crippen molar-refractivity contribution in [2.45, 2.75) is 39.5 Å². The summed E-state index contributed by atoms with van der Waals surface area (Å²) in [6, 6.07) is 8.18. The lowest BCUT2D eigenvalue weighted by molar-refractivity contribution is -0.157. The van der Waals surface area contributed by atoms with Gasteiger partial charge >= 0.3 is 5.97 Å². The first-order valence-corrected chi connectivity index (χ1v) is 7.82. The van der Waals surface area contributed by atoms with Gasteiger partial charge in [0.1, 0.15) is 5.82 Å². The van der Waals surface area contributed by atoms with Crippen molar-refractivity contribution >= 4 is 41.0 Å². The number of carbonyl (C=O) groups excluding carboxylic acids is 1. The zero-order valence-electron chi connectivity index (χ0n) is 14.4. The second-order valence-electron chi connectivity index (χ2n) is 7.15. The first-order chi connectivity index (χ1) is 10.3. The van der Waals surface area contributed by atoms with Gasteiger partial charge in [-0.15, -0.1) is 24.0 Å². The predicted octanol–water partition coefficient (Wildman–Crippen LogP) is 4.27. The maximum Gasteiger partial charge on any atom is 0.312 e. The number of methoxy groups -OCH3 is 1. The second kappa shape index (κ2) is 6.07. The number of aromatic nitrogens is 2. The van der Waals surface area contributed by atoms with Crippen LogP contribution in [-0.2, 0) is 16.6 Å². The molecular formula is C18H25IN2O2. The molecule has 1 aliphatic carbocycles. The van der Waals surface area contributed by atoms with Crippen LogP contribution in [0, 0.1) is 10.8 Å². The number of benzene rings is 1. The van der Waals surface area contributed by atoms with Gasteiger partial charge in [-0.2, -0.15) is 0 Å². The Morgan fingerprint density at radius 3 is 2.57 bits per heavy atom. The molecule has 4 nitrogen and oxygen atoms in total. The van der Waals surface area contributed by atoms with Crippen molar-refractivity contribution in [1.82, 2.24) is 9.55 Å². The van der Waals surface area contributed by atoms with Crippen LogP contribution in [-0.4, -0.2) is 22.6 Å². The van der Waals surface area contributed by atoms with Crippen molar-refractivity contribution in [3.8, 4) is 0 Å². The van der Waals surface area contributed by atoms with Crippen LogP contribution < -0.4 is 0 Å². The van der Waals surface area contributed by atoms with E-state index in [1.54, 1.807) is 0 Å². The van der Waals surface area contributed by atoms with E-state index >= 15 is 0 Å². The molecule has 0 aliphatic heterocycles. The van der Waals surface area contributed by atoms with Crippen molar-refractivity contribution in [2.24, 2.45) is 17.9 Å². The zero-order chi connectivity index (χ0) is 16.1. The molecule has 1 saturated carbocycles. The molecule has 1 aromatic carbocycles. The third kappa shape index (κ3) is 2.47. The minimum atomic E-state index is -0.468. The molecule has 0 amide bonds. The largest absolute Gasteiger partial charge is 0.469 e. The molecule has 0 spiro atoms. The number of hydrogen-bond acceptors (Lipinski definition) is 3. The quantitative estimate of drug-likeness (QED) is 0.530. The Labute approximate surface area is 154 Å². The Hall–Kier alpha value is -1.11. The van der Waals surface area contributed by atoms with Gasteiger partial charge in [0, 0.05) is 13.0 Å². The molecule has 2 aromatic rings.